The summed E-state index contributed by atoms with van der Waals surface area (Å²) < 4.78 is 11.2. The lowest BCUT2D eigenvalue weighted by atomic mass is 9.82. The second kappa shape index (κ2) is 5.45. The quantitative estimate of drug-likeness (QED) is 0.580. The van der Waals surface area contributed by atoms with Crippen LogP contribution in [0.3, 0.4) is 0 Å². The molecule has 0 N–H and O–H groups in total. The van der Waals surface area contributed by atoms with Crippen molar-refractivity contribution in [1.29, 1.82) is 5.26 Å². The number of nitrogens with zero attached hydrogens (tertiary/aromatic N) is 1. The minimum Gasteiger partial charge on any atom is -0.486 e. The maximum absolute atomic E-state index is 13.1. The maximum Gasteiger partial charge on any atom is 0.179 e. The molecule has 2 aliphatic rings. The van der Waals surface area contributed by atoms with E-state index in [1.807, 2.05) is 6.07 Å². The fourth-order valence-electron chi connectivity index (χ4n) is 3.21. The fourth-order valence-corrected chi connectivity index (χ4v) is 3.21. The van der Waals surface area contributed by atoms with Crippen molar-refractivity contribution in [2.45, 2.75) is 40.0 Å². The Kier molecular flexibility index (Phi) is 3.75. The zero-order chi connectivity index (χ0) is 18.6. The predicted octanol–water partition coefficient (Wildman–Crippen LogP) is 3.21. The van der Waals surface area contributed by atoms with Crippen LogP contribution < -0.4 is 9.47 Å². The number of Topliss-reactive ketones (excluding diaryl/α,β-unsaturated/α-hetero) is 2. The van der Waals surface area contributed by atoms with Crippen molar-refractivity contribution in [2.75, 3.05) is 13.2 Å². The second-order valence-electron chi connectivity index (χ2n) is 7.94. The molecule has 25 heavy (non-hydrogen) atoms. The highest BCUT2D eigenvalue weighted by Gasteiger charge is 2.46. The molecule has 0 bridgehead atoms. The van der Waals surface area contributed by atoms with Crippen molar-refractivity contribution < 1.29 is 19.1 Å². The van der Waals surface area contributed by atoms with E-state index in [0.29, 0.717) is 30.3 Å². The SMILES string of the molecule is CC(C)(C)C(=O)C(C#N)=C1C(=O)C(C)(C)c2cc3c(cc21)OCCO3. The molecule has 0 saturated heterocycles. The standard InChI is InChI=1S/C20H21NO4/c1-19(2,3)17(22)12(10-21)16-11-8-14-15(25-7-6-24-14)9-13(11)20(4,5)18(16)23/h8-9H,6-7H2,1-5H3. The lowest BCUT2D eigenvalue weighted by molar-refractivity contribution is -0.122. The number of benzene rings is 1. The minimum absolute atomic E-state index is 0.0824. The van der Waals surface area contributed by atoms with E-state index in [1.165, 1.54) is 0 Å². The molecule has 0 spiro atoms. The topological polar surface area (TPSA) is 76.4 Å². The molecule has 0 unspecified atom stereocenters. The summed E-state index contributed by atoms with van der Waals surface area (Å²) in [5.41, 5.74) is -0.125. The number of carbonyl (C=O) groups excluding carboxylic acids is 2. The van der Waals surface area contributed by atoms with Crippen LogP contribution in [0.1, 0.15) is 45.7 Å². The number of allylic oxidation sites excluding steroid dienone is 2. The highest BCUT2D eigenvalue weighted by Crippen LogP contribution is 2.49. The molecule has 0 aromatic heterocycles. The first kappa shape index (κ1) is 17.2. The monoisotopic (exact) mass is 339 g/mol. The summed E-state index contributed by atoms with van der Waals surface area (Å²) >= 11 is 0. The van der Waals surface area contributed by atoms with Crippen LogP contribution in [0, 0.1) is 16.7 Å². The zero-order valence-electron chi connectivity index (χ0n) is 15.1. The summed E-state index contributed by atoms with van der Waals surface area (Å²) in [6, 6.07) is 5.49. The molecule has 5 heteroatoms. The summed E-state index contributed by atoms with van der Waals surface area (Å²) in [4.78, 5) is 25.8. The molecule has 0 amide bonds. The first-order valence-electron chi connectivity index (χ1n) is 8.27. The van der Waals surface area contributed by atoms with Crippen LogP contribution in [0.4, 0.5) is 0 Å². The number of hydrogen-bond acceptors (Lipinski definition) is 5. The Morgan fingerprint density at radius 3 is 2.24 bits per heavy atom. The Morgan fingerprint density at radius 2 is 1.72 bits per heavy atom. The van der Waals surface area contributed by atoms with E-state index in [2.05, 4.69) is 0 Å². The van der Waals surface area contributed by atoms with Gasteiger partial charge in [-0.25, -0.2) is 0 Å². The molecule has 1 aromatic carbocycles. The Balaban J connectivity index is 2.31. The van der Waals surface area contributed by atoms with Crippen molar-refractivity contribution >= 4 is 17.1 Å². The average Bonchev–Trinajstić information content (AvgIpc) is 2.73. The van der Waals surface area contributed by atoms with Crippen LogP contribution in [-0.4, -0.2) is 24.8 Å². The number of ketones is 2. The maximum atomic E-state index is 13.1. The van der Waals surface area contributed by atoms with Gasteiger partial charge < -0.3 is 9.47 Å². The molecule has 1 aliphatic heterocycles. The van der Waals surface area contributed by atoms with Gasteiger partial charge in [-0.05, 0) is 37.1 Å². The third-order valence-electron chi connectivity index (χ3n) is 4.69. The van der Waals surface area contributed by atoms with Gasteiger partial charge >= 0.3 is 0 Å². The van der Waals surface area contributed by atoms with Gasteiger partial charge in [0.2, 0.25) is 0 Å². The largest absolute Gasteiger partial charge is 0.486 e. The smallest absolute Gasteiger partial charge is 0.179 e. The van der Waals surface area contributed by atoms with E-state index in [1.54, 1.807) is 46.8 Å². The summed E-state index contributed by atoms with van der Waals surface area (Å²) in [5, 5.41) is 9.64. The molecule has 1 aromatic rings. The molecule has 3 rings (SSSR count). The molecule has 130 valence electrons. The Hall–Kier alpha value is -2.61. The minimum atomic E-state index is -0.833. The molecule has 0 fully saturated rings. The first-order valence-corrected chi connectivity index (χ1v) is 8.27. The van der Waals surface area contributed by atoms with E-state index in [4.69, 9.17) is 9.47 Å². The van der Waals surface area contributed by atoms with E-state index >= 15 is 0 Å². The number of carbonyl (C=O) groups is 2. The van der Waals surface area contributed by atoms with E-state index in [-0.39, 0.29) is 22.7 Å². The summed E-state index contributed by atoms with van der Waals surface area (Å²) in [6.45, 7) is 9.69. The van der Waals surface area contributed by atoms with Gasteiger partial charge in [-0.15, -0.1) is 0 Å². The van der Waals surface area contributed by atoms with Gasteiger partial charge in [0.05, 0.1) is 5.41 Å². The number of hydrogen-bond donors (Lipinski definition) is 0. The lowest BCUT2D eigenvalue weighted by Gasteiger charge is -2.22. The Bertz CT molecular complexity index is 863. The number of fused-ring (bicyclic) bond motifs is 2. The molecule has 1 aliphatic carbocycles. The van der Waals surface area contributed by atoms with Crippen LogP contribution in [-0.2, 0) is 15.0 Å². The van der Waals surface area contributed by atoms with Crippen molar-refractivity contribution in [2.24, 2.45) is 5.41 Å². The van der Waals surface area contributed by atoms with E-state index < -0.39 is 10.8 Å². The molecule has 0 radical (unpaired) electrons. The van der Waals surface area contributed by atoms with Crippen LogP contribution in [0.15, 0.2) is 17.7 Å². The third kappa shape index (κ3) is 2.53. The molecule has 0 atom stereocenters. The van der Waals surface area contributed by atoms with Crippen molar-refractivity contribution in [3.8, 4) is 17.6 Å². The number of ether oxygens (including phenoxy) is 2. The second-order valence-corrected chi connectivity index (χ2v) is 7.94. The first-order chi connectivity index (χ1) is 11.6. The fraction of sp³-hybridized carbons (Fsp3) is 0.450. The van der Waals surface area contributed by atoms with Gasteiger partial charge in [-0.1, -0.05) is 20.8 Å². The number of rotatable bonds is 1. The molecular weight excluding hydrogens is 318 g/mol. The number of nitriles is 1. The van der Waals surface area contributed by atoms with Gasteiger partial charge in [0.15, 0.2) is 23.1 Å². The van der Waals surface area contributed by atoms with Crippen LogP contribution in [0.2, 0.25) is 0 Å². The highest BCUT2D eigenvalue weighted by molar-refractivity contribution is 6.35. The van der Waals surface area contributed by atoms with Gasteiger partial charge in [0.25, 0.3) is 0 Å². The predicted molar refractivity (Wildman–Crippen MR) is 92.5 cm³/mol. The highest BCUT2D eigenvalue weighted by atomic mass is 16.6. The van der Waals surface area contributed by atoms with Crippen molar-refractivity contribution in [1.82, 2.24) is 0 Å². The summed E-state index contributed by atoms with van der Waals surface area (Å²) in [6.07, 6.45) is 0. The van der Waals surface area contributed by atoms with Crippen LogP contribution in [0.5, 0.6) is 11.5 Å². The van der Waals surface area contributed by atoms with E-state index in [9.17, 15) is 14.9 Å². The van der Waals surface area contributed by atoms with Gasteiger partial charge in [-0.2, -0.15) is 5.26 Å². The lowest BCUT2D eigenvalue weighted by Crippen LogP contribution is -2.26. The van der Waals surface area contributed by atoms with Gasteiger partial charge in [0.1, 0.15) is 24.9 Å². The average molecular weight is 339 g/mol. The zero-order valence-corrected chi connectivity index (χ0v) is 15.1. The van der Waals surface area contributed by atoms with Crippen molar-refractivity contribution in [3.05, 3.63) is 28.8 Å². The molecule has 1 heterocycles. The normalized spacial score (nSPS) is 19.9. The third-order valence-corrected chi connectivity index (χ3v) is 4.69. The summed E-state index contributed by atoms with van der Waals surface area (Å²) in [5.74, 6) is 0.567. The van der Waals surface area contributed by atoms with Crippen LogP contribution in [0.25, 0.3) is 5.57 Å². The van der Waals surface area contributed by atoms with E-state index in [0.717, 1.165) is 5.56 Å². The van der Waals surface area contributed by atoms with Crippen LogP contribution >= 0.6 is 0 Å². The summed E-state index contributed by atoms with van der Waals surface area (Å²) in [7, 11) is 0. The molecule has 0 saturated carbocycles. The van der Waals surface area contributed by atoms with Crippen molar-refractivity contribution in [3.63, 3.8) is 0 Å². The molecular formula is C20H21NO4. The molecule has 5 nitrogen and oxygen atoms in total. The van der Waals surface area contributed by atoms with Gasteiger partial charge in [0, 0.05) is 11.0 Å². The van der Waals surface area contributed by atoms with Gasteiger partial charge in [-0.3, -0.25) is 9.59 Å². The Labute approximate surface area is 147 Å². The Morgan fingerprint density at radius 1 is 1.16 bits per heavy atom.